The average molecular weight is 338 g/mol. The van der Waals surface area contributed by atoms with E-state index in [2.05, 4.69) is 4.98 Å². The molecule has 0 amide bonds. The summed E-state index contributed by atoms with van der Waals surface area (Å²) in [7, 11) is 0. The second-order valence-electron chi connectivity index (χ2n) is 5.35. The van der Waals surface area contributed by atoms with Crippen molar-refractivity contribution in [1.82, 2.24) is 4.98 Å². The second kappa shape index (κ2) is 7.12. The maximum absolute atomic E-state index is 12.4. The highest BCUT2D eigenvalue weighted by Gasteiger charge is 2.13. The smallest absolute Gasteiger partial charge is 0.213 e. The number of aromatic nitrogens is 1. The van der Waals surface area contributed by atoms with Gasteiger partial charge in [0.1, 0.15) is 0 Å². The van der Waals surface area contributed by atoms with Crippen molar-refractivity contribution in [1.29, 1.82) is 0 Å². The highest BCUT2D eigenvalue weighted by molar-refractivity contribution is 6.42. The number of hydrogen-bond donors (Lipinski definition) is 0. The highest BCUT2D eigenvalue weighted by Crippen LogP contribution is 2.24. The number of nitrogens with zero attached hydrogens (tertiary/aromatic N) is 1. The molecule has 0 atom stereocenters. The second-order valence-corrected chi connectivity index (χ2v) is 6.17. The SMILES string of the molecule is Cc1cc(OC(C)C)ncc1C(=O)Cc1ccc(Cl)c(Cl)c1. The Bertz CT molecular complexity index is 699. The van der Waals surface area contributed by atoms with Gasteiger partial charge in [-0.15, -0.1) is 0 Å². The Morgan fingerprint density at radius 3 is 2.55 bits per heavy atom. The van der Waals surface area contributed by atoms with E-state index >= 15 is 0 Å². The molecule has 0 aliphatic carbocycles. The van der Waals surface area contributed by atoms with E-state index in [9.17, 15) is 4.79 Å². The molecule has 22 heavy (non-hydrogen) atoms. The number of ether oxygens (including phenoxy) is 1. The monoisotopic (exact) mass is 337 g/mol. The number of hydrogen-bond acceptors (Lipinski definition) is 3. The van der Waals surface area contributed by atoms with Crippen LogP contribution in [-0.2, 0) is 6.42 Å². The lowest BCUT2D eigenvalue weighted by molar-refractivity contribution is 0.0992. The molecule has 0 saturated heterocycles. The lowest BCUT2D eigenvalue weighted by atomic mass is 10.0. The maximum Gasteiger partial charge on any atom is 0.213 e. The predicted octanol–water partition coefficient (Wildman–Crippen LogP) is 4.91. The minimum absolute atomic E-state index is 0.0144. The fourth-order valence-electron chi connectivity index (χ4n) is 2.06. The molecule has 3 nitrogen and oxygen atoms in total. The van der Waals surface area contributed by atoms with Crippen molar-refractivity contribution in [3.05, 3.63) is 57.2 Å². The summed E-state index contributed by atoms with van der Waals surface area (Å²) in [5.74, 6) is 0.512. The van der Waals surface area contributed by atoms with E-state index in [4.69, 9.17) is 27.9 Å². The van der Waals surface area contributed by atoms with E-state index in [1.165, 1.54) is 0 Å². The zero-order valence-electron chi connectivity index (χ0n) is 12.7. The van der Waals surface area contributed by atoms with E-state index in [1.54, 1.807) is 30.5 Å². The third-order valence-corrected chi connectivity index (χ3v) is 3.83. The van der Waals surface area contributed by atoms with Gasteiger partial charge in [-0.1, -0.05) is 29.3 Å². The molecule has 1 heterocycles. The van der Waals surface area contributed by atoms with Crippen molar-refractivity contribution in [3.63, 3.8) is 0 Å². The molecule has 0 N–H and O–H groups in total. The Labute approximate surface area is 140 Å². The minimum atomic E-state index is -0.0144. The first kappa shape index (κ1) is 16.8. The number of carbonyl (C=O) groups is 1. The molecule has 1 aromatic carbocycles. The van der Waals surface area contributed by atoms with E-state index in [1.807, 2.05) is 20.8 Å². The largest absolute Gasteiger partial charge is 0.475 e. The van der Waals surface area contributed by atoms with Gasteiger partial charge < -0.3 is 4.74 Å². The molecule has 1 aromatic heterocycles. The fourth-order valence-corrected chi connectivity index (χ4v) is 2.38. The van der Waals surface area contributed by atoms with Crippen molar-refractivity contribution < 1.29 is 9.53 Å². The minimum Gasteiger partial charge on any atom is -0.475 e. The van der Waals surface area contributed by atoms with Crippen molar-refractivity contribution in [2.45, 2.75) is 33.3 Å². The van der Waals surface area contributed by atoms with Gasteiger partial charge in [-0.3, -0.25) is 4.79 Å². The zero-order valence-corrected chi connectivity index (χ0v) is 14.2. The quantitative estimate of drug-likeness (QED) is 0.727. The summed E-state index contributed by atoms with van der Waals surface area (Å²) in [6.07, 6.45) is 1.86. The van der Waals surface area contributed by atoms with Gasteiger partial charge in [-0.25, -0.2) is 4.98 Å². The number of rotatable bonds is 5. The Hall–Kier alpha value is -1.58. The van der Waals surface area contributed by atoms with Crippen LogP contribution in [-0.4, -0.2) is 16.9 Å². The number of carbonyl (C=O) groups excluding carboxylic acids is 1. The summed E-state index contributed by atoms with van der Waals surface area (Å²) < 4.78 is 5.52. The zero-order chi connectivity index (χ0) is 16.3. The van der Waals surface area contributed by atoms with Crippen molar-refractivity contribution in [2.24, 2.45) is 0 Å². The molecule has 116 valence electrons. The molecule has 0 aliphatic rings. The van der Waals surface area contributed by atoms with Crippen LogP contribution in [0.4, 0.5) is 0 Å². The molecule has 0 bridgehead atoms. The van der Waals surface area contributed by atoms with Crippen LogP contribution in [0.5, 0.6) is 5.88 Å². The molecule has 0 unspecified atom stereocenters. The Morgan fingerprint density at radius 1 is 1.23 bits per heavy atom. The van der Waals surface area contributed by atoms with Crippen molar-refractivity contribution in [3.8, 4) is 5.88 Å². The van der Waals surface area contributed by atoms with Gasteiger partial charge in [-0.2, -0.15) is 0 Å². The summed E-state index contributed by atoms with van der Waals surface area (Å²) in [5.41, 5.74) is 2.25. The first-order valence-corrected chi connectivity index (χ1v) is 7.73. The van der Waals surface area contributed by atoms with Crippen LogP contribution in [0.15, 0.2) is 30.5 Å². The van der Waals surface area contributed by atoms with Gasteiger partial charge in [0.2, 0.25) is 5.88 Å². The predicted molar refractivity (Wildman–Crippen MR) is 89.2 cm³/mol. The normalized spacial score (nSPS) is 10.8. The lowest BCUT2D eigenvalue weighted by Crippen LogP contribution is -2.10. The van der Waals surface area contributed by atoms with Crippen LogP contribution in [0.2, 0.25) is 10.0 Å². The number of benzene rings is 1. The fraction of sp³-hybridized carbons (Fsp3) is 0.294. The number of aryl methyl sites for hydroxylation is 1. The summed E-state index contributed by atoms with van der Waals surface area (Å²) in [6, 6.07) is 6.98. The van der Waals surface area contributed by atoms with Crippen LogP contribution in [0, 0.1) is 6.92 Å². The van der Waals surface area contributed by atoms with Gasteiger partial charge in [0.25, 0.3) is 0 Å². The van der Waals surface area contributed by atoms with Crippen molar-refractivity contribution in [2.75, 3.05) is 0 Å². The third kappa shape index (κ3) is 4.21. The number of ketones is 1. The van der Waals surface area contributed by atoms with Crippen LogP contribution in [0.25, 0.3) is 0 Å². The summed E-state index contributed by atoms with van der Waals surface area (Å²) in [5, 5.41) is 0.924. The first-order valence-electron chi connectivity index (χ1n) is 6.97. The van der Waals surface area contributed by atoms with E-state index in [0.717, 1.165) is 11.1 Å². The Balaban J connectivity index is 2.17. The molecule has 0 fully saturated rings. The standard InChI is InChI=1S/C17H17Cl2NO2/c1-10(2)22-17-6-11(3)13(9-20-17)16(21)8-12-4-5-14(18)15(19)7-12/h4-7,9-10H,8H2,1-3H3. The molecule has 2 aromatic rings. The van der Waals surface area contributed by atoms with Crippen molar-refractivity contribution >= 4 is 29.0 Å². The summed E-state index contributed by atoms with van der Waals surface area (Å²) in [4.78, 5) is 16.6. The van der Waals surface area contributed by atoms with Crippen LogP contribution in [0.1, 0.15) is 35.3 Å². The molecule has 5 heteroatoms. The molecule has 0 radical (unpaired) electrons. The first-order chi connectivity index (χ1) is 10.4. The Kier molecular flexibility index (Phi) is 5.43. The topological polar surface area (TPSA) is 39.2 Å². The third-order valence-electron chi connectivity index (χ3n) is 3.09. The molecule has 0 saturated carbocycles. The molecule has 0 aliphatic heterocycles. The van der Waals surface area contributed by atoms with Gasteiger partial charge >= 0.3 is 0 Å². The molecular weight excluding hydrogens is 321 g/mol. The van der Waals surface area contributed by atoms with Gasteiger partial charge in [0.15, 0.2) is 5.78 Å². The number of pyridine rings is 1. The Morgan fingerprint density at radius 2 is 1.95 bits per heavy atom. The van der Waals surface area contributed by atoms with Gasteiger partial charge in [0.05, 0.1) is 16.1 Å². The van der Waals surface area contributed by atoms with E-state index in [-0.39, 0.29) is 18.3 Å². The van der Waals surface area contributed by atoms with Crippen LogP contribution < -0.4 is 4.74 Å². The number of Topliss-reactive ketones (excluding diaryl/α,β-unsaturated/α-hetero) is 1. The van der Waals surface area contributed by atoms with Crippen LogP contribution in [0.3, 0.4) is 0 Å². The van der Waals surface area contributed by atoms with E-state index in [0.29, 0.717) is 21.5 Å². The molecule has 2 rings (SSSR count). The van der Waals surface area contributed by atoms with E-state index < -0.39 is 0 Å². The number of halogens is 2. The lowest BCUT2D eigenvalue weighted by Gasteiger charge is -2.11. The summed E-state index contributed by atoms with van der Waals surface area (Å²) in [6.45, 7) is 5.73. The molecular formula is C17H17Cl2NO2. The van der Waals surface area contributed by atoms with Gasteiger partial charge in [-0.05, 0) is 44.0 Å². The van der Waals surface area contributed by atoms with Crippen LogP contribution >= 0.6 is 23.2 Å². The molecule has 0 spiro atoms. The van der Waals surface area contributed by atoms with Gasteiger partial charge in [0, 0.05) is 24.2 Å². The average Bonchev–Trinajstić information content (AvgIpc) is 2.42. The highest BCUT2D eigenvalue weighted by atomic mass is 35.5. The summed E-state index contributed by atoms with van der Waals surface area (Å²) >= 11 is 11.8. The maximum atomic E-state index is 12.4.